The molecule has 1 aromatic heterocycles. The van der Waals surface area contributed by atoms with Crippen molar-refractivity contribution >= 4 is 66.4 Å². The van der Waals surface area contributed by atoms with Crippen molar-refractivity contribution in [3.05, 3.63) is 52.5 Å². The predicted octanol–water partition coefficient (Wildman–Crippen LogP) is 5.14. The summed E-state index contributed by atoms with van der Waals surface area (Å²) in [4.78, 5) is 21.8. The summed E-state index contributed by atoms with van der Waals surface area (Å²) in [6.07, 6.45) is 0. The molecule has 0 unspecified atom stereocenters. The van der Waals surface area contributed by atoms with Crippen LogP contribution in [-0.2, 0) is 14.6 Å². The van der Waals surface area contributed by atoms with Crippen molar-refractivity contribution in [2.45, 2.75) is 32.6 Å². The fraction of sp³-hybridized carbons (Fsp3) is 0.391. The first-order chi connectivity index (χ1) is 15.2. The van der Waals surface area contributed by atoms with Crippen LogP contribution in [0.4, 0.5) is 5.13 Å². The Labute approximate surface area is 210 Å². The van der Waals surface area contributed by atoms with Crippen molar-refractivity contribution in [1.29, 1.82) is 0 Å². The van der Waals surface area contributed by atoms with Crippen LogP contribution in [0, 0.1) is 13.8 Å². The molecule has 0 radical (unpaired) electrons. The highest BCUT2D eigenvalue weighted by atomic mass is 35.5. The molecular weight excluding hydrogens is 501 g/mol. The highest BCUT2D eigenvalue weighted by Gasteiger charge is 2.27. The van der Waals surface area contributed by atoms with Gasteiger partial charge in [0, 0.05) is 18.1 Å². The van der Waals surface area contributed by atoms with Gasteiger partial charge in [-0.3, -0.25) is 9.69 Å². The monoisotopic (exact) mass is 529 g/mol. The molecular formula is C23H29Cl2N3O3S2. The van der Waals surface area contributed by atoms with E-state index in [1.807, 2.05) is 26.0 Å². The third kappa shape index (κ3) is 6.45. The number of carbonyl (C=O) groups excluding carboxylic acids is 1. The average molecular weight is 531 g/mol. The number of rotatable bonds is 9. The third-order valence-corrected chi connectivity index (χ3v) is 8.57. The van der Waals surface area contributed by atoms with E-state index in [1.54, 1.807) is 0 Å². The summed E-state index contributed by atoms with van der Waals surface area (Å²) in [5.74, 6) is -1.11. The summed E-state index contributed by atoms with van der Waals surface area (Å²) < 4.78 is 26.8. The van der Waals surface area contributed by atoms with Gasteiger partial charge in [-0.25, -0.2) is 13.4 Å². The Morgan fingerprint density at radius 1 is 1.00 bits per heavy atom. The molecule has 3 aromatic rings. The number of fused-ring (bicyclic) bond motifs is 1. The van der Waals surface area contributed by atoms with Gasteiger partial charge >= 0.3 is 0 Å². The zero-order valence-corrected chi connectivity index (χ0v) is 22.4. The molecule has 33 heavy (non-hydrogen) atoms. The average Bonchev–Trinajstić information content (AvgIpc) is 3.20. The zero-order valence-electron chi connectivity index (χ0n) is 19.2. The first-order valence-electron chi connectivity index (χ1n) is 10.5. The minimum Gasteiger partial charge on any atom is -0.302 e. The predicted molar refractivity (Wildman–Crippen MR) is 140 cm³/mol. The van der Waals surface area contributed by atoms with Crippen molar-refractivity contribution < 1.29 is 13.2 Å². The number of carbonyl (C=O) groups is 1. The topological polar surface area (TPSA) is 70.6 Å². The molecule has 0 aliphatic carbocycles. The van der Waals surface area contributed by atoms with Gasteiger partial charge in [-0.2, -0.15) is 0 Å². The van der Waals surface area contributed by atoms with Gasteiger partial charge in [-0.1, -0.05) is 48.9 Å². The lowest BCUT2D eigenvalue weighted by Crippen LogP contribution is -2.41. The molecule has 0 aliphatic heterocycles. The third-order valence-electron chi connectivity index (χ3n) is 5.48. The molecule has 6 nitrogen and oxygen atoms in total. The Balaban J connectivity index is 0.00000385. The number of aryl methyl sites for hydroxylation is 2. The second kappa shape index (κ2) is 11.6. The molecule has 0 fully saturated rings. The van der Waals surface area contributed by atoms with Crippen LogP contribution >= 0.6 is 35.3 Å². The molecule has 2 aromatic carbocycles. The van der Waals surface area contributed by atoms with E-state index in [0.29, 0.717) is 23.2 Å². The number of hydrogen-bond donors (Lipinski definition) is 0. The van der Waals surface area contributed by atoms with E-state index in [1.165, 1.54) is 40.5 Å². The summed E-state index contributed by atoms with van der Waals surface area (Å²) in [5, 5.41) is 0.970. The summed E-state index contributed by atoms with van der Waals surface area (Å²) in [5.41, 5.74) is 2.96. The minimum atomic E-state index is -3.81. The molecule has 3 rings (SSSR count). The maximum atomic E-state index is 13.3. The maximum Gasteiger partial charge on any atom is 0.244 e. The van der Waals surface area contributed by atoms with Gasteiger partial charge in [0.15, 0.2) is 15.0 Å². The summed E-state index contributed by atoms with van der Waals surface area (Å²) >= 11 is 7.31. The molecule has 180 valence electrons. The van der Waals surface area contributed by atoms with E-state index < -0.39 is 21.5 Å². The lowest BCUT2D eigenvalue weighted by molar-refractivity contribution is -0.116. The van der Waals surface area contributed by atoms with Gasteiger partial charge in [0.2, 0.25) is 5.91 Å². The van der Waals surface area contributed by atoms with Gasteiger partial charge in [-0.15, -0.1) is 12.4 Å². The molecule has 1 heterocycles. The molecule has 0 atom stereocenters. The molecule has 0 saturated heterocycles. The van der Waals surface area contributed by atoms with Crippen molar-refractivity contribution in [3.63, 3.8) is 0 Å². The SMILES string of the molecule is CCN(CC)CCN(C(=O)CS(=O)(=O)c1ccc(Cl)cc1)c1nc2c(C)ccc(C)c2s1.Cl. The Bertz CT molecular complexity index is 1170. The van der Waals surface area contributed by atoms with Crippen LogP contribution in [0.5, 0.6) is 0 Å². The minimum absolute atomic E-state index is 0. The molecule has 0 spiro atoms. The lowest BCUT2D eigenvalue weighted by Gasteiger charge is -2.24. The highest BCUT2D eigenvalue weighted by molar-refractivity contribution is 7.92. The Kier molecular flexibility index (Phi) is 9.70. The molecule has 0 aliphatic rings. The van der Waals surface area contributed by atoms with Gasteiger partial charge in [0.25, 0.3) is 0 Å². The normalized spacial score (nSPS) is 11.6. The van der Waals surface area contributed by atoms with Crippen LogP contribution in [0.2, 0.25) is 5.02 Å². The Hall–Kier alpha value is -1.71. The summed E-state index contributed by atoms with van der Waals surface area (Å²) in [6.45, 7) is 10.8. The van der Waals surface area contributed by atoms with Crippen LogP contribution in [0.15, 0.2) is 41.3 Å². The van der Waals surface area contributed by atoms with Gasteiger partial charge in [0.05, 0.1) is 15.1 Å². The number of aromatic nitrogens is 1. The van der Waals surface area contributed by atoms with Crippen molar-refractivity contribution in [1.82, 2.24) is 9.88 Å². The number of sulfone groups is 1. The van der Waals surface area contributed by atoms with Crippen molar-refractivity contribution in [2.24, 2.45) is 0 Å². The summed E-state index contributed by atoms with van der Waals surface area (Å²) in [7, 11) is -3.81. The number of thiazole rings is 1. The smallest absolute Gasteiger partial charge is 0.244 e. The quantitative estimate of drug-likeness (QED) is 0.383. The van der Waals surface area contributed by atoms with Crippen molar-refractivity contribution in [3.8, 4) is 0 Å². The van der Waals surface area contributed by atoms with Gasteiger partial charge in [0.1, 0.15) is 5.75 Å². The van der Waals surface area contributed by atoms with Gasteiger partial charge in [-0.05, 0) is 62.3 Å². The number of halogens is 2. The largest absolute Gasteiger partial charge is 0.302 e. The van der Waals surface area contributed by atoms with Gasteiger partial charge < -0.3 is 4.90 Å². The van der Waals surface area contributed by atoms with E-state index in [-0.39, 0.29) is 17.3 Å². The standard InChI is InChI=1S/C23H28ClN3O3S2.ClH/c1-5-26(6-2)13-14-27(23-25-21-16(3)7-8-17(4)22(21)31-23)20(28)15-32(29,30)19-11-9-18(24)10-12-19;/h7-12H,5-6,13-15H2,1-4H3;1H. The molecule has 1 amide bonds. The number of amides is 1. The zero-order chi connectivity index (χ0) is 23.5. The van der Waals surface area contributed by atoms with E-state index in [9.17, 15) is 13.2 Å². The second-order valence-electron chi connectivity index (χ2n) is 7.66. The number of benzene rings is 2. The van der Waals surface area contributed by atoms with Crippen LogP contribution in [-0.4, -0.2) is 56.1 Å². The lowest BCUT2D eigenvalue weighted by atomic mass is 10.1. The molecule has 0 saturated carbocycles. The molecule has 10 heteroatoms. The maximum absolute atomic E-state index is 13.3. The number of nitrogens with zero attached hydrogens (tertiary/aromatic N) is 3. The van der Waals surface area contributed by atoms with Crippen molar-refractivity contribution in [2.75, 3.05) is 36.8 Å². The van der Waals surface area contributed by atoms with E-state index in [4.69, 9.17) is 16.6 Å². The van der Waals surface area contributed by atoms with E-state index in [2.05, 4.69) is 18.7 Å². The number of likely N-dealkylation sites (N-methyl/N-ethyl adjacent to an activating group) is 1. The second-order valence-corrected chi connectivity index (χ2v) is 11.1. The highest BCUT2D eigenvalue weighted by Crippen LogP contribution is 2.33. The van der Waals surface area contributed by atoms with Crippen LogP contribution < -0.4 is 4.90 Å². The Morgan fingerprint density at radius 3 is 2.18 bits per heavy atom. The molecule has 0 N–H and O–H groups in total. The van der Waals surface area contributed by atoms with E-state index in [0.717, 1.165) is 34.4 Å². The Morgan fingerprint density at radius 2 is 1.61 bits per heavy atom. The summed E-state index contributed by atoms with van der Waals surface area (Å²) in [6, 6.07) is 9.92. The molecule has 0 bridgehead atoms. The van der Waals surface area contributed by atoms with E-state index >= 15 is 0 Å². The first kappa shape index (κ1) is 27.5. The fourth-order valence-electron chi connectivity index (χ4n) is 3.44. The van der Waals surface area contributed by atoms with Crippen LogP contribution in [0.25, 0.3) is 10.2 Å². The number of hydrogen-bond acceptors (Lipinski definition) is 6. The first-order valence-corrected chi connectivity index (χ1v) is 13.4. The number of anilines is 1. The fourth-order valence-corrected chi connectivity index (χ4v) is 5.92. The van der Waals surface area contributed by atoms with Crippen LogP contribution in [0.3, 0.4) is 0 Å². The van der Waals surface area contributed by atoms with Crippen LogP contribution in [0.1, 0.15) is 25.0 Å².